The standard InChI is InChI=1S/C24H28N2O5/c1-29-20-13-16(14-21(30-2)23(20)31-3)26-19(15-22(27)25-11-7-4-8-12-25)17-9-5-6-10-18(17)24(26)28/h5-6,9-10,13-14,19H,4,7-8,11-12,15H2,1-3H3. The molecule has 0 aliphatic carbocycles. The normalized spacial score (nSPS) is 18.0. The Morgan fingerprint density at radius 2 is 1.61 bits per heavy atom. The highest BCUT2D eigenvalue weighted by molar-refractivity contribution is 6.11. The zero-order valence-electron chi connectivity index (χ0n) is 18.2. The van der Waals surface area contributed by atoms with Gasteiger partial charge in [0.1, 0.15) is 0 Å². The van der Waals surface area contributed by atoms with Gasteiger partial charge >= 0.3 is 0 Å². The number of carbonyl (C=O) groups excluding carboxylic acids is 2. The fourth-order valence-corrected chi connectivity index (χ4v) is 4.54. The molecule has 2 aromatic rings. The Labute approximate surface area is 182 Å². The van der Waals surface area contributed by atoms with Crippen LogP contribution in [0.25, 0.3) is 0 Å². The predicted molar refractivity (Wildman–Crippen MR) is 117 cm³/mol. The summed E-state index contributed by atoms with van der Waals surface area (Å²) in [5.74, 6) is 1.32. The summed E-state index contributed by atoms with van der Waals surface area (Å²) in [5, 5.41) is 0. The lowest BCUT2D eigenvalue weighted by molar-refractivity contribution is -0.132. The highest BCUT2D eigenvalue weighted by Crippen LogP contribution is 2.46. The van der Waals surface area contributed by atoms with E-state index in [0.29, 0.717) is 28.5 Å². The Balaban J connectivity index is 1.74. The number of hydrogen-bond donors (Lipinski definition) is 0. The number of amides is 2. The number of fused-ring (bicyclic) bond motifs is 1. The van der Waals surface area contributed by atoms with Gasteiger partial charge in [-0.05, 0) is 30.9 Å². The Morgan fingerprint density at radius 1 is 0.968 bits per heavy atom. The number of likely N-dealkylation sites (tertiary alicyclic amines) is 1. The van der Waals surface area contributed by atoms with Gasteiger partial charge in [0, 0.05) is 30.8 Å². The van der Waals surface area contributed by atoms with E-state index in [9.17, 15) is 9.59 Å². The smallest absolute Gasteiger partial charge is 0.259 e. The van der Waals surface area contributed by atoms with Gasteiger partial charge in [-0.1, -0.05) is 18.2 Å². The minimum Gasteiger partial charge on any atom is -0.493 e. The van der Waals surface area contributed by atoms with Crippen LogP contribution in [0.1, 0.15) is 47.6 Å². The zero-order valence-corrected chi connectivity index (χ0v) is 18.2. The van der Waals surface area contributed by atoms with Crippen LogP contribution in [0.15, 0.2) is 36.4 Å². The average molecular weight is 424 g/mol. The third kappa shape index (κ3) is 3.80. The SMILES string of the molecule is COc1cc(N2C(=O)c3ccccc3C2CC(=O)N2CCCCC2)cc(OC)c1OC. The van der Waals surface area contributed by atoms with E-state index >= 15 is 0 Å². The van der Waals surface area contributed by atoms with Crippen molar-refractivity contribution in [2.24, 2.45) is 0 Å². The Bertz CT molecular complexity index is 959. The van der Waals surface area contributed by atoms with Crippen molar-refractivity contribution in [1.29, 1.82) is 0 Å². The number of piperidine rings is 1. The number of methoxy groups -OCH3 is 3. The molecule has 0 bridgehead atoms. The van der Waals surface area contributed by atoms with E-state index in [-0.39, 0.29) is 24.3 Å². The van der Waals surface area contributed by atoms with Gasteiger partial charge < -0.3 is 24.0 Å². The maximum absolute atomic E-state index is 13.4. The second-order valence-electron chi connectivity index (χ2n) is 7.81. The van der Waals surface area contributed by atoms with E-state index in [2.05, 4.69) is 0 Å². The van der Waals surface area contributed by atoms with Crippen molar-refractivity contribution in [2.45, 2.75) is 31.7 Å². The van der Waals surface area contributed by atoms with Gasteiger partial charge in [-0.25, -0.2) is 0 Å². The van der Waals surface area contributed by atoms with Crippen molar-refractivity contribution in [3.63, 3.8) is 0 Å². The van der Waals surface area contributed by atoms with Gasteiger partial charge in [0.25, 0.3) is 5.91 Å². The molecule has 0 spiro atoms. The number of hydrogen-bond acceptors (Lipinski definition) is 5. The van der Waals surface area contributed by atoms with Gasteiger partial charge in [0.2, 0.25) is 11.7 Å². The largest absolute Gasteiger partial charge is 0.493 e. The highest BCUT2D eigenvalue weighted by Gasteiger charge is 2.40. The van der Waals surface area contributed by atoms with Crippen LogP contribution in [0.3, 0.4) is 0 Å². The van der Waals surface area contributed by atoms with E-state index in [1.54, 1.807) is 31.3 Å². The lowest BCUT2D eigenvalue weighted by atomic mass is 10.0. The molecule has 0 saturated carbocycles. The van der Waals surface area contributed by atoms with E-state index in [0.717, 1.165) is 37.9 Å². The molecule has 2 aliphatic heterocycles. The molecule has 2 heterocycles. The van der Waals surface area contributed by atoms with Crippen LogP contribution in [0, 0.1) is 0 Å². The maximum atomic E-state index is 13.4. The van der Waals surface area contributed by atoms with Crippen molar-refractivity contribution >= 4 is 17.5 Å². The number of ether oxygens (including phenoxy) is 3. The molecule has 1 fully saturated rings. The topological polar surface area (TPSA) is 68.3 Å². The molecule has 1 saturated heterocycles. The number of rotatable bonds is 6. The Hall–Kier alpha value is -3.22. The lowest BCUT2D eigenvalue weighted by Crippen LogP contribution is -2.38. The average Bonchev–Trinajstić information content (AvgIpc) is 3.10. The minimum absolute atomic E-state index is 0.0756. The molecule has 0 radical (unpaired) electrons. The van der Waals surface area contributed by atoms with Crippen LogP contribution < -0.4 is 19.1 Å². The summed E-state index contributed by atoms with van der Waals surface area (Å²) in [6, 6.07) is 10.6. The van der Waals surface area contributed by atoms with Crippen LogP contribution in [0.2, 0.25) is 0 Å². The lowest BCUT2D eigenvalue weighted by Gasteiger charge is -2.31. The van der Waals surface area contributed by atoms with Crippen molar-refractivity contribution in [2.75, 3.05) is 39.3 Å². The van der Waals surface area contributed by atoms with E-state index in [4.69, 9.17) is 14.2 Å². The van der Waals surface area contributed by atoms with E-state index < -0.39 is 0 Å². The van der Waals surface area contributed by atoms with Crippen molar-refractivity contribution < 1.29 is 23.8 Å². The van der Waals surface area contributed by atoms with Gasteiger partial charge in [-0.3, -0.25) is 9.59 Å². The maximum Gasteiger partial charge on any atom is 0.259 e. The molecule has 31 heavy (non-hydrogen) atoms. The van der Waals surface area contributed by atoms with Crippen molar-refractivity contribution in [3.05, 3.63) is 47.5 Å². The Kier molecular flexibility index (Phi) is 6.02. The van der Waals surface area contributed by atoms with Gasteiger partial charge in [0.15, 0.2) is 11.5 Å². The van der Waals surface area contributed by atoms with Crippen molar-refractivity contribution in [3.8, 4) is 17.2 Å². The number of nitrogens with zero attached hydrogens (tertiary/aromatic N) is 2. The summed E-state index contributed by atoms with van der Waals surface area (Å²) in [6.45, 7) is 1.57. The van der Waals surface area contributed by atoms with Crippen LogP contribution in [0.5, 0.6) is 17.2 Å². The molecule has 0 aromatic heterocycles. The van der Waals surface area contributed by atoms with Gasteiger partial charge in [-0.2, -0.15) is 0 Å². The van der Waals surface area contributed by atoms with Crippen LogP contribution in [0.4, 0.5) is 5.69 Å². The third-order valence-electron chi connectivity index (χ3n) is 6.09. The third-order valence-corrected chi connectivity index (χ3v) is 6.09. The number of anilines is 1. The van der Waals surface area contributed by atoms with Crippen LogP contribution in [-0.2, 0) is 4.79 Å². The summed E-state index contributed by atoms with van der Waals surface area (Å²) >= 11 is 0. The monoisotopic (exact) mass is 424 g/mol. The van der Waals surface area contributed by atoms with E-state index in [1.807, 2.05) is 29.2 Å². The molecular formula is C24H28N2O5. The summed E-state index contributed by atoms with van der Waals surface area (Å²) in [4.78, 5) is 30.1. The minimum atomic E-state index is -0.388. The molecular weight excluding hydrogens is 396 g/mol. The summed E-state index contributed by atoms with van der Waals surface area (Å²) in [7, 11) is 4.62. The molecule has 2 amide bonds. The van der Waals surface area contributed by atoms with Crippen LogP contribution in [-0.4, -0.2) is 51.1 Å². The first-order chi connectivity index (χ1) is 15.1. The first-order valence-corrected chi connectivity index (χ1v) is 10.6. The fourth-order valence-electron chi connectivity index (χ4n) is 4.54. The second-order valence-corrected chi connectivity index (χ2v) is 7.81. The van der Waals surface area contributed by atoms with Gasteiger partial charge in [0.05, 0.1) is 39.5 Å². The molecule has 164 valence electrons. The number of carbonyl (C=O) groups is 2. The zero-order chi connectivity index (χ0) is 22.0. The highest BCUT2D eigenvalue weighted by atomic mass is 16.5. The molecule has 1 unspecified atom stereocenters. The van der Waals surface area contributed by atoms with Gasteiger partial charge in [-0.15, -0.1) is 0 Å². The first kappa shape index (κ1) is 21.0. The number of benzene rings is 2. The molecule has 0 N–H and O–H groups in total. The Morgan fingerprint density at radius 3 is 2.23 bits per heavy atom. The summed E-state index contributed by atoms with van der Waals surface area (Å²) in [6.07, 6.45) is 3.45. The van der Waals surface area contributed by atoms with Crippen LogP contribution >= 0.6 is 0 Å². The predicted octanol–water partition coefficient (Wildman–Crippen LogP) is 3.82. The van der Waals surface area contributed by atoms with E-state index in [1.165, 1.54) is 7.11 Å². The molecule has 2 aromatic carbocycles. The molecule has 1 atom stereocenters. The fraction of sp³-hybridized carbons (Fsp3) is 0.417. The first-order valence-electron chi connectivity index (χ1n) is 10.6. The molecule has 2 aliphatic rings. The van der Waals surface area contributed by atoms with Crippen molar-refractivity contribution in [1.82, 2.24) is 4.90 Å². The second kappa shape index (κ2) is 8.88. The molecule has 7 nitrogen and oxygen atoms in total. The quantitative estimate of drug-likeness (QED) is 0.705. The summed E-state index contributed by atoms with van der Waals surface area (Å²) in [5.41, 5.74) is 2.09. The molecule has 7 heteroatoms. The molecule has 4 rings (SSSR count). The summed E-state index contributed by atoms with van der Waals surface area (Å²) < 4.78 is 16.4.